The van der Waals surface area contributed by atoms with Crippen LogP contribution in [0, 0.1) is 171 Å². The normalized spacial score (nSPS) is 45.3. The summed E-state index contributed by atoms with van der Waals surface area (Å²) in [4.78, 5) is 42.0. The fraction of sp³-hybridized carbons (Fsp3) is 0.832. The van der Waals surface area contributed by atoms with Gasteiger partial charge in [-0.15, -0.1) is 11.8 Å². The highest BCUT2D eigenvalue weighted by Gasteiger charge is 2.64. The van der Waals surface area contributed by atoms with E-state index in [0.717, 1.165) is 188 Å². The molecule has 122 heavy (non-hydrogen) atoms. The van der Waals surface area contributed by atoms with Gasteiger partial charge in [0.05, 0.1) is 89.1 Å². The first-order valence-electron chi connectivity index (χ1n) is 49.0. The van der Waals surface area contributed by atoms with Gasteiger partial charge in [-0.3, -0.25) is 37.3 Å². The molecule has 4 heterocycles. The monoisotopic (exact) mass is 1740 g/mol. The van der Waals surface area contributed by atoms with Gasteiger partial charge in [0.25, 0.3) is 0 Å². The van der Waals surface area contributed by atoms with Gasteiger partial charge in [-0.1, -0.05) is 39.8 Å². The van der Waals surface area contributed by atoms with E-state index in [9.17, 15) is 47.4 Å². The summed E-state index contributed by atoms with van der Waals surface area (Å²) in [6, 6.07) is 0. The molecular weight excluding hydrogens is 1580 g/mol. The molecule has 4 aromatic heterocycles. The number of aryl methyl sites for hydroxylation is 1. The number of carbonyl (C=O) groups is 3. The highest BCUT2D eigenvalue weighted by Crippen LogP contribution is 2.70. The SMILES string of the molecule is C=C(Cn1cc(S(C)(=O)=O)cn1)[C@H]1CC[C@H]2[C@@H]3CC[C@@H]4C[C@](C)(O)CC[C@@H]4[C@H]3CC[C@]12C.CS(=O)c1cnn(CC(=O)[C@H]2CC[C@H]3[C@@H]4CC[C@@H]5C[C@](C)(O)CC[C@@H]5[C@H]4CC[C@]23C)c1.CSc1cnn(CC(=O)[C@H]2CC[C@H]3[C@@H]4CC[C@@H]5C[C@](C)(O)CC[C@@H]5[C@H]4CC[C@]23C)c1.Cc1cnn(CC(=O)[C@H]2CC[C@H]3[C@@H]4CC[C@@H]5C[C@](C)(O)CC[C@@H]5[C@H]4CC[C@]23C)c1. The van der Waals surface area contributed by atoms with Gasteiger partial charge in [-0.2, -0.15) is 20.4 Å². The molecule has 16 aliphatic carbocycles. The van der Waals surface area contributed by atoms with E-state index in [-0.39, 0.29) is 38.9 Å². The van der Waals surface area contributed by atoms with Crippen molar-refractivity contribution in [3.05, 3.63) is 67.3 Å². The van der Waals surface area contributed by atoms with E-state index in [1.165, 1.54) is 172 Å². The molecule has 33 atom stereocenters. The molecule has 0 saturated heterocycles. The number of aliphatic hydroxyl groups is 4. The second-order valence-electron chi connectivity index (χ2n) is 46.7. The minimum absolute atomic E-state index is 0.120. The Morgan fingerprint density at radius 1 is 0.402 bits per heavy atom. The predicted molar refractivity (Wildman–Crippen MR) is 480 cm³/mol. The number of hydrogen-bond acceptors (Lipinski definition) is 15. The lowest BCUT2D eigenvalue weighted by atomic mass is 9.49. The number of Topliss-reactive ketones (excluding diaryl/α,β-unsaturated/α-hetero) is 3. The average Bonchev–Trinajstić information content (AvgIpc) is 1.54. The molecule has 676 valence electrons. The molecule has 0 aliphatic heterocycles. The number of sulfone groups is 1. The highest BCUT2D eigenvalue weighted by atomic mass is 32.2. The Hall–Kier alpha value is -4.12. The molecule has 0 spiro atoms. The quantitative estimate of drug-likeness (QED) is 0.0638. The fourth-order valence-electron chi connectivity index (χ4n) is 34.0. The zero-order chi connectivity index (χ0) is 86.3. The van der Waals surface area contributed by atoms with E-state index in [2.05, 4.69) is 54.7 Å². The first-order chi connectivity index (χ1) is 57.7. The van der Waals surface area contributed by atoms with Crippen LogP contribution in [0.2, 0.25) is 0 Å². The number of nitrogens with zero attached hydrogens (tertiary/aromatic N) is 8. The Balaban J connectivity index is 0.000000116. The minimum atomic E-state index is -3.23. The predicted octanol–water partition coefficient (Wildman–Crippen LogP) is 19.0. The van der Waals surface area contributed by atoms with Crippen molar-refractivity contribution in [3.8, 4) is 0 Å². The lowest BCUT2D eigenvalue weighted by Gasteiger charge is -2.57. The van der Waals surface area contributed by atoms with E-state index in [4.69, 9.17) is 0 Å². The fourth-order valence-corrected chi connectivity index (χ4v) is 35.4. The first kappa shape index (κ1) is 89.8. The number of thioether (sulfide) groups is 1. The molecule has 20 rings (SSSR count). The average molecular weight is 1740 g/mol. The first-order valence-corrected chi connectivity index (χ1v) is 53.7. The number of rotatable bonds is 15. The smallest absolute Gasteiger partial charge is 0.178 e. The van der Waals surface area contributed by atoms with Crippen LogP contribution in [-0.4, -0.2) is 131 Å². The number of aromatic nitrogens is 8. The molecule has 4 aromatic rings. The molecule has 0 aromatic carbocycles. The zero-order valence-electron chi connectivity index (χ0n) is 76.5. The summed E-state index contributed by atoms with van der Waals surface area (Å²) in [5.74, 6) is 17.7. The van der Waals surface area contributed by atoms with Gasteiger partial charge in [-0.05, 0) is 424 Å². The number of fused-ring (bicyclic) bond motifs is 20. The van der Waals surface area contributed by atoms with Crippen molar-refractivity contribution in [1.29, 1.82) is 0 Å². The Labute approximate surface area is 738 Å². The van der Waals surface area contributed by atoms with Crippen molar-refractivity contribution >= 4 is 49.7 Å². The van der Waals surface area contributed by atoms with Crippen LogP contribution in [-0.2, 0) is 61.2 Å². The Bertz CT molecular complexity index is 4590. The minimum Gasteiger partial charge on any atom is -0.390 e. The van der Waals surface area contributed by atoms with Crippen LogP contribution in [0.4, 0.5) is 0 Å². The highest BCUT2D eigenvalue weighted by molar-refractivity contribution is 7.98. The third-order valence-corrected chi connectivity index (χ3v) is 42.1. The summed E-state index contributed by atoms with van der Waals surface area (Å²) in [5, 5.41) is 59.7. The maximum absolute atomic E-state index is 13.3. The van der Waals surface area contributed by atoms with Crippen molar-refractivity contribution in [2.24, 2.45) is 164 Å². The summed E-state index contributed by atoms with van der Waals surface area (Å²) >= 11 is 1.68. The van der Waals surface area contributed by atoms with Gasteiger partial charge in [0.2, 0.25) is 0 Å². The van der Waals surface area contributed by atoms with Crippen LogP contribution in [0.1, 0.15) is 292 Å². The zero-order valence-corrected chi connectivity index (χ0v) is 79.0. The molecule has 0 amide bonds. The van der Waals surface area contributed by atoms with E-state index < -0.39 is 43.0 Å². The molecule has 16 aliphatic rings. The van der Waals surface area contributed by atoms with E-state index in [1.807, 2.05) is 75.0 Å². The van der Waals surface area contributed by atoms with Crippen LogP contribution in [0.15, 0.2) is 76.4 Å². The standard InChI is InChI=1S/C26H40N2O3S.C25H38N2O3S.C25H38N2O2S.C25H38N2O2/c1-17(15-28-16-19(14-27-28)32(4,30)31)23-7-8-24-22-6-5-18-13-25(2,29)11-9-20(18)21(22)10-12-26(23,24)3;1-24(29)10-8-18-16(12-24)4-5-20-19(18)9-11-25(2)21(20)6-7-22(25)23(28)15-27-14-17(13-26-27)31(3)30;1-24(29)10-8-18-16(12-24)4-5-20-19(18)9-11-25(2)21(20)6-7-22(25)23(28)15-27-14-17(30-3)13-26-27;1-16-13-26-27(14-16)15-23(28)22-7-6-21-20-5-4-17-12-24(2,29)10-8-18(17)19(20)9-11-25(21,22)3/h14,16,18,20-24,29H,1,5-13,15H2,2-4H3;13-14,16,18-22,29H,4-12,15H2,1-3H3;13-14,16,18-22,29H,4-12,15H2,1-3H3;13-14,17-22,29H,4-12,15H2,1-3H3/t18-,20+,21-,22-,23-,24+,25-,26-;16-,18+,19-,20-,21+,22-,24-,25+,31?;16-,18+,19-,20-,21+,22-,24-,25+;17-,18+,19-,20-,21+,22-,24-,25+/m1111/s1. The van der Waals surface area contributed by atoms with Crippen molar-refractivity contribution in [1.82, 2.24) is 39.1 Å². The molecule has 0 bridgehead atoms. The maximum atomic E-state index is 13.3. The van der Waals surface area contributed by atoms with Gasteiger partial charge in [0.1, 0.15) is 4.90 Å². The van der Waals surface area contributed by atoms with Crippen LogP contribution in [0.3, 0.4) is 0 Å². The van der Waals surface area contributed by atoms with Crippen LogP contribution in [0.25, 0.3) is 0 Å². The number of carbonyl (C=O) groups excluding carboxylic acids is 3. The van der Waals surface area contributed by atoms with E-state index in [1.54, 1.807) is 46.0 Å². The molecule has 1 unspecified atom stereocenters. The summed E-state index contributed by atoms with van der Waals surface area (Å²) in [5.41, 5.74) is 1.34. The topological polar surface area (TPSA) is 255 Å². The molecule has 18 nitrogen and oxygen atoms in total. The third-order valence-electron chi connectivity index (χ3n) is 39.5. The van der Waals surface area contributed by atoms with Gasteiger partial charge in [0.15, 0.2) is 27.2 Å². The van der Waals surface area contributed by atoms with E-state index in [0.29, 0.717) is 77.5 Å². The Morgan fingerprint density at radius 3 is 1.03 bits per heavy atom. The van der Waals surface area contributed by atoms with Gasteiger partial charge < -0.3 is 20.4 Å². The van der Waals surface area contributed by atoms with Gasteiger partial charge in [-0.25, -0.2) is 8.42 Å². The van der Waals surface area contributed by atoms with E-state index >= 15 is 0 Å². The lowest BCUT2D eigenvalue weighted by molar-refractivity contribution is -0.133. The molecular formula is C101H154N8O10S3. The van der Waals surface area contributed by atoms with Crippen LogP contribution >= 0.6 is 11.8 Å². The lowest BCUT2D eigenvalue weighted by Crippen LogP contribution is -2.51. The summed E-state index contributed by atoms with van der Waals surface area (Å²) < 4.78 is 42.4. The maximum Gasteiger partial charge on any atom is 0.178 e. The number of hydrogen-bond donors (Lipinski definition) is 4. The summed E-state index contributed by atoms with van der Waals surface area (Å²) in [7, 11) is -4.29. The van der Waals surface area contributed by atoms with Crippen LogP contribution in [0.5, 0.6) is 0 Å². The van der Waals surface area contributed by atoms with Crippen molar-refractivity contribution in [2.45, 2.75) is 357 Å². The summed E-state index contributed by atoms with van der Waals surface area (Å²) in [6.07, 6.45) is 61.5. The Kier molecular flexibility index (Phi) is 25.3. The van der Waals surface area contributed by atoms with Crippen molar-refractivity contribution in [3.63, 3.8) is 0 Å². The van der Waals surface area contributed by atoms with Crippen molar-refractivity contribution in [2.75, 3.05) is 18.8 Å². The van der Waals surface area contributed by atoms with Crippen molar-refractivity contribution < 1.29 is 47.4 Å². The molecule has 0 radical (unpaired) electrons. The second-order valence-corrected chi connectivity index (χ2v) is 51.0. The number of allylic oxidation sites excluding steroid dienone is 1. The summed E-state index contributed by atoms with van der Waals surface area (Å²) in [6.45, 7) is 26.3. The molecule has 4 N–H and O–H groups in total. The second kappa shape index (κ2) is 34.3. The van der Waals surface area contributed by atoms with Gasteiger partial charge in [0, 0.05) is 59.9 Å². The number of ketones is 3. The third kappa shape index (κ3) is 17.5. The molecule has 16 fully saturated rings. The molecule has 21 heteroatoms. The largest absolute Gasteiger partial charge is 0.390 e. The van der Waals surface area contributed by atoms with Crippen LogP contribution < -0.4 is 0 Å². The Morgan fingerprint density at radius 2 is 0.713 bits per heavy atom. The molecule has 16 saturated carbocycles. The van der Waals surface area contributed by atoms with Gasteiger partial charge >= 0.3 is 0 Å².